The molecule has 0 radical (unpaired) electrons. The van der Waals surface area contributed by atoms with Crippen molar-refractivity contribution in [2.75, 3.05) is 5.01 Å². The van der Waals surface area contributed by atoms with Gasteiger partial charge >= 0.3 is 5.56 Å². The van der Waals surface area contributed by atoms with E-state index < -0.39 is 29.1 Å². The highest BCUT2D eigenvalue weighted by Gasteiger charge is 2.30. The minimum atomic E-state index is -1.07. The summed E-state index contributed by atoms with van der Waals surface area (Å²) in [5.41, 5.74) is -1.15. The van der Waals surface area contributed by atoms with E-state index in [2.05, 4.69) is 10.1 Å². The summed E-state index contributed by atoms with van der Waals surface area (Å²) in [7, 11) is 0. The number of hydrogen-bond donors (Lipinski definition) is 0. The predicted molar refractivity (Wildman–Crippen MR) is 78.2 cm³/mol. The Hall–Kier alpha value is -2.69. The number of hydrogen-bond acceptors (Lipinski definition) is 7. The fourth-order valence-electron chi connectivity index (χ4n) is 1.87. The van der Waals surface area contributed by atoms with Crippen molar-refractivity contribution in [2.45, 2.75) is 27.7 Å². The van der Waals surface area contributed by atoms with Crippen LogP contribution in [0.4, 0.5) is 9.52 Å². The molecule has 11 heteroatoms. The van der Waals surface area contributed by atoms with Crippen LogP contribution in [0.25, 0.3) is 4.96 Å². The van der Waals surface area contributed by atoms with Crippen LogP contribution in [0.2, 0.25) is 0 Å². The molecule has 0 aliphatic carbocycles. The predicted octanol–water partition coefficient (Wildman–Crippen LogP) is 0.261. The van der Waals surface area contributed by atoms with Crippen molar-refractivity contribution in [2.24, 2.45) is 0 Å². The van der Waals surface area contributed by atoms with Crippen molar-refractivity contribution < 1.29 is 18.8 Å². The second-order valence-corrected chi connectivity index (χ2v) is 5.51. The standard InChI is InChI=1S/C12H12FN5O4S/c1-5-9(13)10(22)16-11(14-5)23-12(15-16)18(8(4)21)17(6(2)19)7(3)20/h1-4H3. The third kappa shape index (κ3) is 2.82. The molecular formula is C12H12FN5O4S. The van der Waals surface area contributed by atoms with Crippen molar-refractivity contribution in [3.63, 3.8) is 0 Å². The highest BCUT2D eigenvalue weighted by atomic mass is 32.1. The Bertz CT molecular complexity index is 875. The van der Waals surface area contributed by atoms with Crippen LogP contribution in [0.3, 0.4) is 0 Å². The van der Waals surface area contributed by atoms with E-state index in [1.54, 1.807) is 0 Å². The molecule has 0 unspecified atom stereocenters. The molecular weight excluding hydrogens is 329 g/mol. The summed E-state index contributed by atoms with van der Waals surface area (Å²) < 4.78 is 14.3. The van der Waals surface area contributed by atoms with Crippen LogP contribution >= 0.6 is 11.3 Å². The fourth-order valence-corrected chi connectivity index (χ4v) is 2.84. The van der Waals surface area contributed by atoms with Gasteiger partial charge in [-0.05, 0) is 6.92 Å². The Balaban J connectivity index is 2.70. The maximum atomic E-state index is 13.6. The van der Waals surface area contributed by atoms with Gasteiger partial charge in [0.2, 0.25) is 33.6 Å². The molecule has 2 heterocycles. The molecule has 9 nitrogen and oxygen atoms in total. The Morgan fingerprint density at radius 2 is 1.70 bits per heavy atom. The van der Waals surface area contributed by atoms with Crippen molar-refractivity contribution in [1.82, 2.24) is 19.6 Å². The number of halogens is 1. The van der Waals surface area contributed by atoms with Gasteiger partial charge in [-0.3, -0.25) is 19.2 Å². The SMILES string of the molecule is CC(=O)N(C(C)=O)N(C(C)=O)c1nn2c(=O)c(F)c(C)nc2s1. The van der Waals surface area contributed by atoms with Crippen molar-refractivity contribution >= 4 is 39.2 Å². The minimum absolute atomic E-state index is 0.0298. The molecule has 0 saturated carbocycles. The van der Waals surface area contributed by atoms with Gasteiger partial charge in [-0.2, -0.15) is 18.9 Å². The van der Waals surface area contributed by atoms with E-state index >= 15 is 0 Å². The van der Waals surface area contributed by atoms with E-state index in [1.165, 1.54) is 6.92 Å². The van der Waals surface area contributed by atoms with E-state index in [-0.39, 0.29) is 15.8 Å². The highest BCUT2D eigenvalue weighted by molar-refractivity contribution is 7.20. The molecule has 0 N–H and O–H groups in total. The molecule has 0 bridgehead atoms. The second kappa shape index (κ2) is 5.83. The summed E-state index contributed by atoms with van der Waals surface area (Å²) in [6, 6.07) is 0. The average molecular weight is 341 g/mol. The molecule has 3 amide bonds. The Kier molecular flexibility index (Phi) is 4.23. The molecule has 0 aromatic carbocycles. The van der Waals surface area contributed by atoms with Gasteiger partial charge in [0, 0.05) is 20.8 Å². The number of imide groups is 1. The number of fused-ring (bicyclic) bond motifs is 1. The lowest BCUT2D eigenvalue weighted by Gasteiger charge is -2.27. The first-order valence-electron chi connectivity index (χ1n) is 6.33. The maximum absolute atomic E-state index is 13.6. The van der Waals surface area contributed by atoms with Crippen LogP contribution in [-0.4, -0.2) is 37.3 Å². The number of aryl methyl sites for hydroxylation is 1. The Labute approximate surface area is 132 Å². The molecule has 0 fully saturated rings. The van der Waals surface area contributed by atoms with Crippen LogP contribution in [0.5, 0.6) is 0 Å². The van der Waals surface area contributed by atoms with Gasteiger partial charge in [-0.1, -0.05) is 11.3 Å². The first-order valence-corrected chi connectivity index (χ1v) is 7.14. The molecule has 0 saturated heterocycles. The number of carbonyl (C=O) groups is 3. The first-order chi connectivity index (χ1) is 10.6. The van der Waals surface area contributed by atoms with E-state index in [0.29, 0.717) is 9.52 Å². The third-order valence-corrected chi connectivity index (χ3v) is 3.67. The number of anilines is 1. The van der Waals surface area contributed by atoms with Crippen LogP contribution in [0, 0.1) is 12.7 Å². The van der Waals surface area contributed by atoms with Gasteiger partial charge in [0.15, 0.2) is 0 Å². The zero-order valence-corrected chi connectivity index (χ0v) is 13.5. The van der Waals surface area contributed by atoms with Crippen molar-refractivity contribution in [3.8, 4) is 0 Å². The number of amides is 3. The molecule has 0 aliphatic rings. The summed E-state index contributed by atoms with van der Waals surface area (Å²) in [5.74, 6) is -3.17. The number of carbonyl (C=O) groups excluding carboxylic acids is 3. The lowest BCUT2D eigenvalue weighted by Crippen LogP contribution is -2.51. The van der Waals surface area contributed by atoms with Gasteiger partial charge in [0.05, 0.1) is 5.69 Å². The first kappa shape index (κ1) is 16.7. The quantitative estimate of drug-likeness (QED) is 0.689. The van der Waals surface area contributed by atoms with Gasteiger partial charge in [-0.25, -0.2) is 4.98 Å². The minimum Gasteiger partial charge on any atom is -0.273 e. The molecule has 0 aliphatic heterocycles. The zero-order valence-electron chi connectivity index (χ0n) is 12.7. The van der Waals surface area contributed by atoms with Gasteiger partial charge in [0.1, 0.15) is 0 Å². The molecule has 0 spiro atoms. The summed E-state index contributed by atoms with van der Waals surface area (Å²) >= 11 is 0.767. The number of nitrogens with zero attached hydrogens (tertiary/aromatic N) is 5. The zero-order chi connectivity index (χ0) is 17.5. The summed E-state index contributed by atoms with van der Waals surface area (Å²) in [6.45, 7) is 4.63. The highest BCUT2D eigenvalue weighted by Crippen LogP contribution is 2.24. The topological polar surface area (TPSA) is 105 Å². The monoisotopic (exact) mass is 341 g/mol. The molecule has 23 heavy (non-hydrogen) atoms. The van der Waals surface area contributed by atoms with Gasteiger partial charge in [-0.15, -0.1) is 5.10 Å². The molecule has 2 rings (SSSR count). The molecule has 2 aromatic rings. The number of hydrazine groups is 1. The number of rotatable bonds is 1. The third-order valence-electron chi connectivity index (χ3n) is 2.79. The summed E-state index contributed by atoms with van der Waals surface area (Å²) in [6.07, 6.45) is 0. The lowest BCUT2D eigenvalue weighted by molar-refractivity contribution is -0.146. The summed E-state index contributed by atoms with van der Waals surface area (Å²) in [5, 5.41) is 4.94. The van der Waals surface area contributed by atoms with Crippen LogP contribution in [0.15, 0.2) is 4.79 Å². The molecule has 122 valence electrons. The largest absolute Gasteiger partial charge is 0.311 e. The Morgan fingerprint density at radius 3 is 2.17 bits per heavy atom. The lowest BCUT2D eigenvalue weighted by atomic mass is 10.4. The van der Waals surface area contributed by atoms with E-state index in [0.717, 1.165) is 37.1 Å². The van der Waals surface area contributed by atoms with Gasteiger partial charge < -0.3 is 0 Å². The normalized spacial score (nSPS) is 10.7. The Morgan fingerprint density at radius 1 is 1.13 bits per heavy atom. The smallest absolute Gasteiger partial charge is 0.273 e. The van der Waals surface area contributed by atoms with Crippen molar-refractivity contribution in [1.29, 1.82) is 0 Å². The van der Waals surface area contributed by atoms with Crippen LogP contribution in [-0.2, 0) is 14.4 Å². The van der Waals surface area contributed by atoms with E-state index in [9.17, 15) is 23.6 Å². The van der Waals surface area contributed by atoms with Crippen LogP contribution < -0.4 is 10.6 Å². The van der Waals surface area contributed by atoms with Gasteiger partial charge in [0.25, 0.3) is 0 Å². The molecule has 0 atom stereocenters. The summed E-state index contributed by atoms with van der Waals surface area (Å²) in [4.78, 5) is 50.9. The average Bonchev–Trinajstić information content (AvgIpc) is 2.84. The second-order valence-electron chi connectivity index (χ2n) is 4.58. The fraction of sp³-hybridized carbons (Fsp3) is 0.333. The number of aromatic nitrogens is 3. The molecule has 2 aromatic heterocycles. The maximum Gasteiger partial charge on any atom is 0.311 e. The van der Waals surface area contributed by atoms with Crippen LogP contribution in [0.1, 0.15) is 26.5 Å². The van der Waals surface area contributed by atoms with E-state index in [4.69, 9.17) is 0 Å². The van der Waals surface area contributed by atoms with Crippen molar-refractivity contribution in [3.05, 3.63) is 21.9 Å². The van der Waals surface area contributed by atoms with E-state index in [1.807, 2.05) is 0 Å².